The van der Waals surface area contributed by atoms with Crippen molar-refractivity contribution in [1.29, 1.82) is 0 Å². The van der Waals surface area contributed by atoms with E-state index >= 15 is 0 Å². The number of thiol groups is 2. The molecule has 0 spiro atoms. The molecule has 0 heterocycles. The number of hydrogen-bond acceptors (Lipinski definition) is 8. The topological polar surface area (TPSA) is 105 Å². The molecule has 0 aromatic heterocycles. The normalized spacial score (nSPS) is 14.3. The summed E-state index contributed by atoms with van der Waals surface area (Å²) in [6.07, 6.45) is 0. The van der Waals surface area contributed by atoms with Crippen molar-refractivity contribution in [3.8, 4) is 0 Å². The molecule has 4 N–H and O–H groups in total. The second-order valence-electron chi connectivity index (χ2n) is 2.38. The Bertz CT molecular complexity index is 192. The van der Waals surface area contributed by atoms with Crippen molar-refractivity contribution < 1.29 is 19.4 Å². The zero-order valence-corrected chi connectivity index (χ0v) is 9.04. The van der Waals surface area contributed by atoms with Crippen LogP contribution in [0.2, 0.25) is 0 Å². The Morgan fingerprint density at radius 1 is 1.00 bits per heavy atom. The van der Waals surface area contributed by atoms with Crippen LogP contribution in [0.15, 0.2) is 0 Å². The van der Waals surface area contributed by atoms with Crippen molar-refractivity contribution in [2.75, 3.05) is 11.5 Å². The number of carbonyl (C=O) groups excluding carboxylic acids is 2. The minimum Gasteiger partial charge on any atom is -0.318 e. The number of rotatable bonds is 4. The summed E-state index contributed by atoms with van der Waals surface area (Å²) in [4.78, 5) is 29.9. The van der Waals surface area contributed by atoms with Crippen molar-refractivity contribution in [3.63, 3.8) is 0 Å². The van der Waals surface area contributed by atoms with Gasteiger partial charge in [-0.15, -0.1) is 0 Å². The molecule has 0 saturated heterocycles. The summed E-state index contributed by atoms with van der Waals surface area (Å²) < 4.78 is 0. The van der Waals surface area contributed by atoms with Crippen LogP contribution in [0.5, 0.6) is 0 Å². The number of nitrogens with two attached hydrogens (primary N) is 2. The van der Waals surface area contributed by atoms with E-state index in [4.69, 9.17) is 11.5 Å². The Hall–Kier alpha value is -0.440. The van der Waals surface area contributed by atoms with Gasteiger partial charge in [0.15, 0.2) is 0 Å². The van der Waals surface area contributed by atoms with Gasteiger partial charge in [0.2, 0.25) is 0 Å². The predicted molar refractivity (Wildman–Crippen MR) is 55.8 cm³/mol. The Balaban J connectivity index is 3.83. The highest BCUT2D eigenvalue weighted by atomic mass is 32.1. The van der Waals surface area contributed by atoms with Gasteiger partial charge >= 0.3 is 11.9 Å². The minimum atomic E-state index is -0.932. The maximum absolute atomic E-state index is 10.9. The highest BCUT2D eigenvalue weighted by Crippen LogP contribution is 1.93. The van der Waals surface area contributed by atoms with Crippen LogP contribution in [0.25, 0.3) is 0 Å². The first-order valence-electron chi connectivity index (χ1n) is 3.68. The van der Waals surface area contributed by atoms with Crippen molar-refractivity contribution in [2.45, 2.75) is 12.1 Å². The van der Waals surface area contributed by atoms with Crippen molar-refractivity contribution >= 4 is 37.2 Å². The Morgan fingerprint density at radius 2 is 1.29 bits per heavy atom. The number of hydrogen-bond donors (Lipinski definition) is 4. The average Bonchev–Trinajstić information content (AvgIpc) is 2.22. The Kier molecular flexibility index (Phi) is 6.71. The molecule has 0 amide bonds. The van der Waals surface area contributed by atoms with E-state index in [1.807, 2.05) is 0 Å². The molecule has 6 nitrogen and oxygen atoms in total. The van der Waals surface area contributed by atoms with Crippen LogP contribution < -0.4 is 11.5 Å². The van der Waals surface area contributed by atoms with Gasteiger partial charge in [-0.25, -0.2) is 19.4 Å². The van der Waals surface area contributed by atoms with Crippen LogP contribution in [-0.2, 0) is 19.4 Å². The highest BCUT2D eigenvalue weighted by Gasteiger charge is 2.19. The third-order valence-corrected chi connectivity index (χ3v) is 1.99. The summed E-state index contributed by atoms with van der Waals surface area (Å²) in [5, 5.41) is 0. The summed E-state index contributed by atoms with van der Waals surface area (Å²) >= 11 is 7.51. The van der Waals surface area contributed by atoms with Crippen LogP contribution in [0.3, 0.4) is 0 Å². The van der Waals surface area contributed by atoms with Crippen molar-refractivity contribution in [2.24, 2.45) is 11.5 Å². The van der Waals surface area contributed by atoms with Crippen molar-refractivity contribution in [3.05, 3.63) is 0 Å². The molecule has 14 heavy (non-hydrogen) atoms. The molecule has 0 aliphatic rings. The molecule has 0 rings (SSSR count). The lowest BCUT2D eigenvalue weighted by Crippen LogP contribution is -2.38. The zero-order valence-electron chi connectivity index (χ0n) is 7.25. The fourth-order valence-electron chi connectivity index (χ4n) is 0.355. The van der Waals surface area contributed by atoms with Crippen molar-refractivity contribution in [1.82, 2.24) is 0 Å². The minimum absolute atomic E-state index is 0.0923. The molecule has 0 fully saturated rings. The predicted octanol–water partition coefficient (Wildman–Crippen LogP) is -1.50. The fraction of sp³-hybridized carbons (Fsp3) is 0.667. The molecule has 82 valence electrons. The molecule has 0 bridgehead atoms. The van der Waals surface area contributed by atoms with Gasteiger partial charge in [-0.3, -0.25) is 0 Å². The zero-order chi connectivity index (χ0) is 11.1. The molecule has 8 heteroatoms. The molecule has 0 aromatic rings. The fourth-order valence-corrected chi connectivity index (χ4v) is 0.653. The third kappa shape index (κ3) is 4.70. The molecule has 0 saturated carbocycles. The van der Waals surface area contributed by atoms with Crippen LogP contribution in [-0.4, -0.2) is 35.5 Å². The molecule has 0 aromatic carbocycles. The molecular formula is C6H12N2O4S2. The monoisotopic (exact) mass is 240 g/mol. The van der Waals surface area contributed by atoms with Gasteiger partial charge in [0.25, 0.3) is 0 Å². The van der Waals surface area contributed by atoms with E-state index in [1.165, 1.54) is 0 Å². The largest absolute Gasteiger partial charge is 0.372 e. The lowest BCUT2D eigenvalue weighted by molar-refractivity contribution is -0.260. The van der Waals surface area contributed by atoms with Gasteiger partial charge in [-0.2, -0.15) is 25.3 Å². The molecular weight excluding hydrogens is 228 g/mol. The molecule has 0 aliphatic carbocycles. The maximum Gasteiger partial charge on any atom is 0.372 e. The number of carbonyl (C=O) groups is 2. The van der Waals surface area contributed by atoms with Gasteiger partial charge in [0.05, 0.1) is 0 Å². The Labute approximate surface area is 92.0 Å². The first-order chi connectivity index (χ1) is 6.52. The third-order valence-electron chi connectivity index (χ3n) is 1.20. The SMILES string of the molecule is N[C@@H](CS)C(=O)OOC(=O)[C@@H](N)CS. The van der Waals surface area contributed by atoms with Crippen LogP contribution in [0.1, 0.15) is 0 Å². The van der Waals surface area contributed by atoms with Gasteiger partial charge in [0, 0.05) is 11.5 Å². The first kappa shape index (κ1) is 13.6. The van der Waals surface area contributed by atoms with E-state index in [9.17, 15) is 9.59 Å². The van der Waals surface area contributed by atoms with E-state index in [0.717, 1.165) is 0 Å². The summed E-state index contributed by atoms with van der Waals surface area (Å²) in [6, 6.07) is -1.86. The maximum atomic E-state index is 10.9. The first-order valence-corrected chi connectivity index (χ1v) is 4.94. The smallest absolute Gasteiger partial charge is 0.318 e. The molecule has 0 aliphatic heterocycles. The molecule has 0 radical (unpaired) electrons. The second kappa shape index (κ2) is 6.93. The van der Waals surface area contributed by atoms with Crippen LogP contribution in [0.4, 0.5) is 0 Å². The second-order valence-corrected chi connectivity index (χ2v) is 3.11. The van der Waals surface area contributed by atoms with Gasteiger partial charge < -0.3 is 11.5 Å². The summed E-state index contributed by atoms with van der Waals surface area (Å²) in [7, 11) is 0. The standard InChI is InChI=1S/C6H12N2O4S2/c7-3(1-13)5(9)11-12-6(10)4(8)2-14/h3-4,13-14H,1-2,7-8H2/t3-,4-/m0/s1. The van der Waals surface area contributed by atoms with Crippen LogP contribution >= 0.6 is 25.3 Å². The lowest BCUT2D eigenvalue weighted by Gasteiger charge is -2.08. The lowest BCUT2D eigenvalue weighted by atomic mass is 10.4. The van der Waals surface area contributed by atoms with E-state index in [1.54, 1.807) is 0 Å². The highest BCUT2D eigenvalue weighted by molar-refractivity contribution is 7.80. The van der Waals surface area contributed by atoms with E-state index in [0.29, 0.717) is 0 Å². The van der Waals surface area contributed by atoms with Gasteiger partial charge in [-0.05, 0) is 0 Å². The van der Waals surface area contributed by atoms with Gasteiger partial charge in [0.1, 0.15) is 12.1 Å². The van der Waals surface area contributed by atoms with E-state index in [-0.39, 0.29) is 11.5 Å². The Morgan fingerprint density at radius 3 is 1.50 bits per heavy atom. The molecule has 2 atom stereocenters. The summed E-state index contributed by atoms with van der Waals surface area (Å²) in [5.74, 6) is -1.57. The van der Waals surface area contributed by atoms with Gasteiger partial charge in [-0.1, -0.05) is 0 Å². The quantitative estimate of drug-likeness (QED) is 0.271. The van der Waals surface area contributed by atoms with E-state index in [2.05, 4.69) is 35.0 Å². The summed E-state index contributed by atoms with van der Waals surface area (Å²) in [6.45, 7) is 0. The van der Waals surface area contributed by atoms with E-state index < -0.39 is 24.0 Å². The summed E-state index contributed by atoms with van der Waals surface area (Å²) in [5.41, 5.74) is 10.4. The molecule has 0 unspecified atom stereocenters. The average molecular weight is 240 g/mol. The van der Waals surface area contributed by atoms with Crippen LogP contribution in [0, 0.1) is 0 Å².